The maximum atomic E-state index is 12.5. The maximum absolute atomic E-state index is 12.5. The van der Waals surface area contributed by atoms with Gasteiger partial charge in [0.05, 0.1) is 0 Å². The summed E-state index contributed by atoms with van der Waals surface area (Å²) in [6.45, 7) is 5.23. The van der Waals surface area contributed by atoms with E-state index in [1.54, 1.807) is 0 Å². The molecule has 2 aromatic heterocycles. The van der Waals surface area contributed by atoms with Crippen LogP contribution in [0, 0.1) is 17.8 Å². The summed E-state index contributed by atoms with van der Waals surface area (Å²) in [5.74, 6) is 1.42. The van der Waals surface area contributed by atoms with Crippen LogP contribution in [0.25, 0.3) is 5.65 Å². The average molecular weight is 543 g/mol. The number of aliphatic carboxylic acids is 1. The van der Waals surface area contributed by atoms with E-state index in [-0.39, 0.29) is 6.04 Å². The lowest BCUT2D eigenvalue weighted by atomic mass is 9.83. The number of hydrogen-bond donors (Lipinski definition) is 1. The van der Waals surface area contributed by atoms with Gasteiger partial charge in [0.15, 0.2) is 0 Å². The van der Waals surface area contributed by atoms with Crippen molar-refractivity contribution in [1.29, 1.82) is 0 Å². The predicted molar refractivity (Wildman–Crippen MR) is 160 cm³/mol. The highest BCUT2D eigenvalue weighted by atomic mass is 16.4. The van der Waals surface area contributed by atoms with Gasteiger partial charge in [-0.05, 0) is 86.6 Å². The van der Waals surface area contributed by atoms with E-state index in [2.05, 4.69) is 67.8 Å². The zero-order valence-electron chi connectivity index (χ0n) is 23.9. The molecule has 0 unspecified atom stereocenters. The van der Waals surface area contributed by atoms with Crippen molar-refractivity contribution < 1.29 is 9.90 Å². The molecular weight excluding hydrogens is 496 g/mol. The lowest BCUT2D eigenvalue weighted by Crippen LogP contribution is -2.46. The van der Waals surface area contributed by atoms with Gasteiger partial charge < -0.3 is 14.4 Å². The van der Waals surface area contributed by atoms with Crippen LogP contribution in [0.15, 0.2) is 61.1 Å². The molecule has 6 heteroatoms. The lowest BCUT2D eigenvalue weighted by Gasteiger charge is -2.35. The SMILES string of the molecule is O=C(O)[C@@H](C1CCCCC1)N1C[C@H](CN2CCC(CCCc3ccc4nccn4c3)CC2)[C@@H](c2ccccc2)C1. The normalized spacial score (nSPS) is 24.5. The van der Waals surface area contributed by atoms with Crippen LogP contribution < -0.4 is 0 Å². The molecule has 4 heterocycles. The van der Waals surface area contributed by atoms with Crippen LogP contribution in [0.5, 0.6) is 0 Å². The van der Waals surface area contributed by atoms with Crippen molar-refractivity contribution in [2.75, 3.05) is 32.7 Å². The van der Waals surface area contributed by atoms with E-state index < -0.39 is 5.97 Å². The lowest BCUT2D eigenvalue weighted by molar-refractivity contribution is -0.145. The van der Waals surface area contributed by atoms with E-state index in [0.717, 1.165) is 50.5 Å². The van der Waals surface area contributed by atoms with Crippen molar-refractivity contribution in [3.05, 3.63) is 72.2 Å². The first kappa shape index (κ1) is 27.5. The van der Waals surface area contributed by atoms with Crippen LogP contribution in [0.2, 0.25) is 0 Å². The molecule has 3 fully saturated rings. The smallest absolute Gasteiger partial charge is 0.321 e. The molecule has 1 N–H and O–H groups in total. The first-order valence-corrected chi connectivity index (χ1v) is 15.8. The Labute approximate surface area is 239 Å². The van der Waals surface area contributed by atoms with Crippen LogP contribution in [0.3, 0.4) is 0 Å². The Morgan fingerprint density at radius 3 is 2.55 bits per heavy atom. The van der Waals surface area contributed by atoms with E-state index in [9.17, 15) is 9.90 Å². The number of pyridine rings is 1. The Bertz CT molecular complexity index is 1230. The molecule has 6 nitrogen and oxygen atoms in total. The molecule has 2 aliphatic heterocycles. The number of aromatic nitrogens is 2. The minimum Gasteiger partial charge on any atom is -0.480 e. The van der Waals surface area contributed by atoms with Crippen molar-refractivity contribution in [1.82, 2.24) is 19.2 Å². The Balaban J connectivity index is 1.03. The van der Waals surface area contributed by atoms with Crippen molar-refractivity contribution >= 4 is 11.6 Å². The number of imidazole rings is 1. The second-order valence-corrected chi connectivity index (χ2v) is 12.8. The van der Waals surface area contributed by atoms with E-state index in [4.69, 9.17) is 0 Å². The monoisotopic (exact) mass is 542 g/mol. The van der Waals surface area contributed by atoms with Gasteiger partial charge in [-0.25, -0.2) is 4.98 Å². The largest absolute Gasteiger partial charge is 0.480 e. The fraction of sp³-hybridized carbons (Fsp3) is 0.588. The van der Waals surface area contributed by atoms with Crippen molar-refractivity contribution in [2.24, 2.45) is 17.8 Å². The van der Waals surface area contributed by atoms with Crippen LogP contribution in [-0.4, -0.2) is 69.0 Å². The van der Waals surface area contributed by atoms with Crippen molar-refractivity contribution in [3.8, 4) is 0 Å². The average Bonchev–Trinajstić information content (AvgIpc) is 3.62. The number of carboxylic acid groups (broad SMARTS) is 1. The van der Waals surface area contributed by atoms with Crippen molar-refractivity contribution in [3.63, 3.8) is 0 Å². The van der Waals surface area contributed by atoms with Crippen LogP contribution in [0.1, 0.15) is 74.8 Å². The highest BCUT2D eigenvalue weighted by Crippen LogP contribution is 2.38. The molecule has 3 aromatic rings. The molecule has 1 aromatic carbocycles. The number of nitrogens with zero attached hydrogens (tertiary/aromatic N) is 4. The molecule has 1 saturated carbocycles. The topological polar surface area (TPSA) is 61.1 Å². The fourth-order valence-corrected chi connectivity index (χ4v) is 8.00. The maximum Gasteiger partial charge on any atom is 0.321 e. The number of benzene rings is 1. The van der Waals surface area contributed by atoms with Gasteiger partial charge in [-0.2, -0.15) is 0 Å². The Morgan fingerprint density at radius 2 is 1.77 bits per heavy atom. The molecule has 0 amide bonds. The van der Waals surface area contributed by atoms with Gasteiger partial charge >= 0.3 is 5.97 Å². The van der Waals surface area contributed by atoms with Crippen LogP contribution >= 0.6 is 0 Å². The first-order chi connectivity index (χ1) is 19.6. The summed E-state index contributed by atoms with van der Waals surface area (Å²) in [5, 5.41) is 10.3. The Kier molecular flexibility index (Phi) is 8.83. The first-order valence-electron chi connectivity index (χ1n) is 15.8. The van der Waals surface area contributed by atoms with E-state index >= 15 is 0 Å². The van der Waals surface area contributed by atoms with E-state index in [1.807, 2.05) is 12.4 Å². The standard InChI is InChI=1S/C34H46N4O2/c39-34(40)33(29-12-5-2-6-13-29)38-24-30(31(25-38)28-10-3-1-4-11-28)23-36-19-16-26(17-20-36)8-7-9-27-14-15-32-35-18-21-37(32)22-27/h1,3-4,10-11,14-15,18,21-22,26,29-31,33H,2,5-9,12-13,16-17,19-20,23-25H2,(H,39,40)/t30-,31+,33+/m0/s1. The van der Waals surface area contributed by atoms with Gasteiger partial charge in [-0.1, -0.05) is 62.1 Å². The van der Waals surface area contributed by atoms with Gasteiger partial charge in [0.1, 0.15) is 11.7 Å². The van der Waals surface area contributed by atoms with Gasteiger partial charge in [-0.15, -0.1) is 0 Å². The van der Waals surface area contributed by atoms with Gasteiger partial charge in [-0.3, -0.25) is 9.69 Å². The molecule has 1 aliphatic carbocycles. The highest BCUT2D eigenvalue weighted by Gasteiger charge is 2.43. The second kappa shape index (κ2) is 12.9. The third-order valence-corrected chi connectivity index (χ3v) is 10.2. The summed E-state index contributed by atoms with van der Waals surface area (Å²) in [5.41, 5.74) is 3.79. The predicted octanol–water partition coefficient (Wildman–Crippen LogP) is 6.12. The molecule has 40 heavy (non-hydrogen) atoms. The van der Waals surface area contributed by atoms with Crippen LogP contribution in [0.4, 0.5) is 0 Å². The summed E-state index contributed by atoms with van der Waals surface area (Å²) in [6.07, 6.45) is 18.1. The molecule has 0 spiro atoms. The van der Waals surface area contributed by atoms with Gasteiger partial charge in [0.2, 0.25) is 0 Å². The number of likely N-dealkylation sites (tertiary alicyclic amines) is 2. The van der Waals surface area contributed by atoms with Crippen LogP contribution in [-0.2, 0) is 11.2 Å². The minimum absolute atomic E-state index is 0.305. The summed E-state index contributed by atoms with van der Waals surface area (Å²) < 4.78 is 2.12. The summed E-state index contributed by atoms with van der Waals surface area (Å²) in [4.78, 5) is 21.9. The summed E-state index contributed by atoms with van der Waals surface area (Å²) >= 11 is 0. The number of hydrogen-bond acceptors (Lipinski definition) is 4. The van der Waals surface area contributed by atoms with E-state index in [1.165, 1.54) is 69.2 Å². The van der Waals surface area contributed by atoms with Gasteiger partial charge in [0, 0.05) is 44.1 Å². The van der Waals surface area contributed by atoms with Crippen molar-refractivity contribution in [2.45, 2.75) is 76.2 Å². The fourth-order valence-electron chi connectivity index (χ4n) is 8.00. The zero-order valence-corrected chi connectivity index (χ0v) is 23.9. The molecule has 3 aliphatic rings. The number of carbonyl (C=O) groups is 1. The Morgan fingerprint density at radius 1 is 0.975 bits per heavy atom. The summed E-state index contributed by atoms with van der Waals surface area (Å²) in [6, 6.07) is 14.9. The molecule has 214 valence electrons. The molecule has 0 bridgehead atoms. The van der Waals surface area contributed by atoms with Gasteiger partial charge in [0.25, 0.3) is 0 Å². The minimum atomic E-state index is -0.606. The third-order valence-electron chi connectivity index (χ3n) is 10.2. The molecule has 0 radical (unpaired) electrons. The van der Waals surface area contributed by atoms with E-state index in [0.29, 0.717) is 17.8 Å². The third kappa shape index (κ3) is 6.44. The number of aryl methyl sites for hydroxylation is 1. The number of fused-ring (bicyclic) bond motifs is 1. The number of rotatable bonds is 10. The number of piperidine rings is 1. The zero-order chi connectivity index (χ0) is 27.3. The molecule has 2 saturated heterocycles. The Hall–Kier alpha value is -2.70. The highest BCUT2D eigenvalue weighted by molar-refractivity contribution is 5.74. The summed E-state index contributed by atoms with van der Waals surface area (Å²) in [7, 11) is 0. The molecule has 6 rings (SSSR count). The number of carboxylic acids is 1. The second-order valence-electron chi connectivity index (χ2n) is 12.8. The quantitative estimate of drug-likeness (QED) is 0.335. The molecular formula is C34H46N4O2. The molecule has 3 atom stereocenters.